The Bertz CT molecular complexity index is 1480. The Labute approximate surface area is 227 Å². The second-order valence-electron chi connectivity index (χ2n) is 9.01. The van der Waals surface area contributed by atoms with Crippen molar-refractivity contribution >= 4 is 27.8 Å². The lowest BCUT2D eigenvalue weighted by Crippen LogP contribution is -2.05. The fourth-order valence-electron chi connectivity index (χ4n) is 4.79. The Morgan fingerprint density at radius 1 is 0.895 bits per heavy atom. The highest BCUT2D eigenvalue weighted by Gasteiger charge is 2.20. The van der Waals surface area contributed by atoms with Gasteiger partial charge in [0.25, 0.3) is 0 Å². The molecule has 38 heavy (non-hydrogen) atoms. The monoisotopic (exact) mass is 510 g/mol. The third kappa shape index (κ3) is 6.02. The number of nitrogens with zero attached hydrogens (tertiary/aromatic N) is 1. The molecule has 1 N–H and O–H groups in total. The van der Waals surface area contributed by atoms with Gasteiger partial charge in [0.15, 0.2) is 0 Å². The number of aryl methyl sites for hydroxylation is 3. The van der Waals surface area contributed by atoms with Gasteiger partial charge < -0.3 is 14.3 Å². The van der Waals surface area contributed by atoms with Gasteiger partial charge in [-0.3, -0.25) is 0 Å². The van der Waals surface area contributed by atoms with Gasteiger partial charge in [0.1, 0.15) is 12.3 Å². The molecule has 4 nitrogen and oxygen atoms in total. The molecule has 0 aliphatic rings. The molecule has 0 aliphatic carbocycles. The zero-order valence-corrected chi connectivity index (χ0v) is 24.0. The first-order chi connectivity index (χ1) is 18.6. The van der Waals surface area contributed by atoms with Crippen LogP contribution in [0.4, 0.5) is 0 Å². The minimum atomic E-state index is -0.343. The minimum absolute atomic E-state index is 0.256. The SMILES string of the molecule is CC.CC.CCCCn1c(-c2cccc3cc(C(=O)OCc4ccccc4)[nH]c23)c(C)c2ccc(C)cc21. The first kappa shape index (κ1) is 28.8. The van der Waals surface area contributed by atoms with Gasteiger partial charge in [-0.1, -0.05) is 102 Å². The maximum Gasteiger partial charge on any atom is 0.355 e. The summed E-state index contributed by atoms with van der Waals surface area (Å²) < 4.78 is 8.02. The third-order valence-corrected chi connectivity index (χ3v) is 6.55. The molecule has 200 valence electrons. The van der Waals surface area contributed by atoms with E-state index < -0.39 is 0 Å². The molecule has 0 unspecified atom stereocenters. The highest BCUT2D eigenvalue weighted by molar-refractivity contribution is 6.03. The van der Waals surface area contributed by atoms with Crippen LogP contribution in [0, 0.1) is 13.8 Å². The first-order valence-electron chi connectivity index (χ1n) is 14.0. The number of ether oxygens (including phenoxy) is 1. The van der Waals surface area contributed by atoms with Crippen LogP contribution in [0.2, 0.25) is 0 Å². The number of aromatic nitrogens is 2. The van der Waals surface area contributed by atoms with Crippen LogP contribution in [0.3, 0.4) is 0 Å². The average molecular weight is 511 g/mol. The van der Waals surface area contributed by atoms with Crippen molar-refractivity contribution in [3.05, 3.63) is 95.2 Å². The Kier molecular flexibility index (Phi) is 10.3. The van der Waals surface area contributed by atoms with E-state index in [4.69, 9.17) is 4.74 Å². The van der Waals surface area contributed by atoms with E-state index in [1.54, 1.807) is 0 Å². The highest BCUT2D eigenvalue weighted by atomic mass is 16.5. The summed E-state index contributed by atoms with van der Waals surface area (Å²) in [5, 5.41) is 2.29. The lowest BCUT2D eigenvalue weighted by atomic mass is 10.0. The van der Waals surface area contributed by atoms with Crippen LogP contribution in [0.5, 0.6) is 0 Å². The summed E-state index contributed by atoms with van der Waals surface area (Å²) in [6.45, 7) is 15.8. The van der Waals surface area contributed by atoms with Crippen LogP contribution in [0.25, 0.3) is 33.1 Å². The lowest BCUT2D eigenvalue weighted by molar-refractivity contribution is 0.0467. The van der Waals surface area contributed by atoms with Gasteiger partial charge in [-0.15, -0.1) is 0 Å². The molecule has 0 saturated carbocycles. The average Bonchev–Trinajstić information content (AvgIpc) is 3.52. The number of hydrogen-bond acceptors (Lipinski definition) is 2. The quantitative estimate of drug-likeness (QED) is 0.222. The van der Waals surface area contributed by atoms with Crippen molar-refractivity contribution in [2.45, 2.75) is 74.5 Å². The summed E-state index contributed by atoms with van der Waals surface area (Å²) in [7, 11) is 0. The first-order valence-corrected chi connectivity index (χ1v) is 14.0. The number of carbonyl (C=O) groups is 1. The molecule has 0 amide bonds. The van der Waals surface area contributed by atoms with E-state index in [-0.39, 0.29) is 12.6 Å². The number of benzene rings is 3. The van der Waals surface area contributed by atoms with Crippen molar-refractivity contribution in [1.82, 2.24) is 9.55 Å². The number of hydrogen-bond donors (Lipinski definition) is 1. The van der Waals surface area contributed by atoms with E-state index in [9.17, 15) is 4.79 Å². The molecule has 4 heteroatoms. The van der Waals surface area contributed by atoms with Gasteiger partial charge in [-0.05, 0) is 49.1 Å². The number of carbonyl (C=O) groups excluding carboxylic acids is 1. The number of esters is 1. The van der Waals surface area contributed by atoms with Gasteiger partial charge in [0.2, 0.25) is 0 Å². The third-order valence-electron chi connectivity index (χ3n) is 6.55. The van der Waals surface area contributed by atoms with Crippen molar-refractivity contribution in [3.63, 3.8) is 0 Å². The van der Waals surface area contributed by atoms with Gasteiger partial charge in [-0.2, -0.15) is 0 Å². The van der Waals surface area contributed by atoms with Crippen LogP contribution in [-0.2, 0) is 17.9 Å². The van der Waals surface area contributed by atoms with Gasteiger partial charge in [0.05, 0.1) is 11.2 Å². The Morgan fingerprint density at radius 2 is 1.63 bits per heavy atom. The largest absolute Gasteiger partial charge is 0.456 e. The second kappa shape index (κ2) is 13.7. The summed E-state index contributed by atoms with van der Waals surface area (Å²) in [5.74, 6) is -0.343. The molecule has 0 aliphatic heterocycles. The van der Waals surface area contributed by atoms with Gasteiger partial charge in [0, 0.05) is 28.4 Å². The van der Waals surface area contributed by atoms with E-state index in [0.717, 1.165) is 41.4 Å². The molecule has 0 fully saturated rings. The molecule has 0 saturated heterocycles. The summed E-state index contributed by atoms with van der Waals surface area (Å²) in [4.78, 5) is 16.2. The molecule has 5 aromatic rings. The summed E-state index contributed by atoms with van der Waals surface area (Å²) >= 11 is 0. The van der Waals surface area contributed by atoms with E-state index in [0.29, 0.717) is 5.69 Å². The van der Waals surface area contributed by atoms with E-state index in [1.165, 1.54) is 27.7 Å². The molecule has 0 radical (unpaired) electrons. The highest BCUT2D eigenvalue weighted by Crippen LogP contribution is 2.37. The van der Waals surface area contributed by atoms with Crippen LogP contribution < -0.4 is 0 Å². The summed E-state index contributed by atoms with van der Waals surface area (Å²) in [6, 6.07) is 24.6. The second-order valence-corrected chi connectivity index (χ2v) is 9.01. The molecular weight excluding hydrogens is 468 g/mol. The van der Waals surface area contributed by atoms with Crippen molar-refractivity contribution in [1.29, 1.82) is 0 Å². The molecule has 5 rings (SSSR count). The number of unbranched alkanes of at least 4 members (excludes halogenated alkanes) is 1. The number of aromatic amines is 1. The Morgan fingerprint density at radius 3 is 2.34 bits per heavy atom. The molecule has 0 spiro atoms. The normalized spacial score (nSPS) is 10.5. The minimum Gasteiger partial charge on any atom is -0.456 e. The predicted molar refractivity (Wildman–Crippen MR) is 162 cm³/mol. The summed E-state index contributed by atoms with van der Waals surface area (Å²) in [6.07, 6.45) is 2.25. The molecule has 0 bridgehead atoms. The van der Waals surface area contributed by atoms with Crippen LogP contribution in [-0.4, -0.2) is 15.5 Å². The lowest BCUT2D eigenvalue weighted by Gasteiger charge is -2.13. The predicted octanol–water partition coefficient (Wildman–Crippen LogP) is 9.62. The Hall–Kier alpha value is -3.79. The van der Waals surface area contributed by atoms with Crippen LogP contribution >= 0.6 is 0 Å². The van der Waals surface area contributed by atoms with E-state index >= 15 is 0 Å². The van der Waals surface area contributed by atoms with Gasteiger partial charge in [-0.25, -0.2) is 4.79 Å². The molecule has 3 aromatic carbocycles. The molecule has 2 heterocycles. The number of fused-ring (bicyclic) bond motifs is 2. The zero-order valence-electron chi connectivity index (χ0n) is 24.0. The number of nitrogens with one attached hydrogen (secondary N) is 1. The summed E-state index contributed by atoms with van der Waals surface area (Å²) in [5.41, 5.74) is 8.54. The maximum atomic E-state index is 12.8. The number of para-hydroxylation sites is 1. The maximum absolute atomic E-state index is 12.8. The molecule has 0 atom stereocenters. The Balaban J connectivity index is 0.000000956. The zero-order chi connectivity index (χ0) is 27.7. The van der Waals surface area contributed by atoms with Crippen molar-refractivity contribution in [3.8, 4) is 11.3 Å². The standard InChI is InChI=1S/C30H30N2O2.2C2H6/c1-4-5-16-32-27-17-20(2)14-15-24(27)21(3)29(32)25-13-9-12-23-18-26(31-28(23)25)30(33)34-19-22-10-7-6-8-11-22;2*1-2/h6-15,17-18,31H,4-5,16,19H2,1-3H3;2*1-2H3. The molecular formula is C34H42N2O2. The topological polar surface area (TPSA) is 47.0 Å². The number of H-pyrrole nitrogens is 1. The van der Waals surface area contributed by atoms with Crippen LogP contribution in [0.15, 0.2) is 72.8 Å². The fraction of sp³-hybridized carbons (Fsp3) is 0.324. The smallest absolute Gasteiger partial charge is 0.355 e. The molecule has 2 aromatic heterocycles. The van der Waals surface area contributed by atoms with Gasteiger partial charge >= 0.3 is 5.97 Å². The van der Waals surface area contributed by atoms with E-state index in [1.807, 2.05) is 70.2 Å². The number of rotatable bonds is 7. The van der Waals surface area contributed by atoms with Crippen molar-refractivity contribution in [2.75, 3.05) is 0 Å². The van der Waals surface area contributed by atoms with Crippen molar-refractivity contribution in [2.24, 2.45) is 0 Å². The van der Waals surface area contributed by atoms with Crippen molar-refractivity contribution < 1.29 is 9.53 Å². The van der Waals surface area contributed by atoms with Crippen LogP contribution in [0.1, 0.15) is 74.6 Å². The van der Waals surface area contributed by atoms with E-state index in [2.05, 4.69) is 60.7 Å². The fourth-order valence-corrected chi connectivity index (χ4v) is 4.79.